The zero-order valence-corrected chi connectivity index (χ0v) is 14.6. The predicted molar refractivity (Wildman–Crippen MR) is 95.7 cm³/mol. The smallest absolute Gasteiger partial charge is 0.206 e. The summed E-state index contributed by atoms with van der Waals surface area (Å²) in [6, 6.07) is 12.3. The van der Waals surface area contributed by atoms with Crippen LogP contribution in [0.3, 0.4) is 0 Å². The van der Waals surface area contributed by atoms with Crippen molar-refractivity contribution in [3.63, 3.8) is 0 Å². The number of hydrogen-bond donors (Lipinski definition) is 1. The third-order valence-corrected chi connectivity index (χ3v) is 5.86. The molecule has 0 bridgehead atoms. The molecule has 0 radical (unpaired) electrons. The van der Waals surface area contributed by atoms with E-state index in [0.29, 0.717) is 16.3 Å². The average Bonchev–Trinajstić information content (AvgIpc) is 2.54. The Kier molecular flexibility index (Phi) is 5.30. The minimum atomic E-state index is -3.46. The van der Waals surface area contributed by atoms with E-state index in [0.717, 1.165) is 35.1 Å². The molecule has 122 valence electrons. The largest absolute Gasteiger partial charge is 0.326 e. The van der Waals surface area contributed by atoms with Crippen LogP contribution >= 0.6 is 12.4 Å². The molecule has 0 spiro atoms. The lowest BCUT2D eigenvalue weighted by Crippen LogP contribution is -2.10. The Bertz CT molecular complexity index is 840. The fourth-order valence-electron chi connectivity index (χ4n) is 2.82. The summed E-state index contributed by atoms with van der Waals surface area (Å²) in [5, 5.41) is 0. The summed E-state index contributed by atoms with van der Waals surface area (Å²) in [4.78, 5) is 0.692. The van der Waals surface area contributed by atoms with E-state index in [1.807, 2.05) is 25.1 Å². The first-order chi connectivity index (χ1) is 10.5. The van der Waals surface area contributed by atoms with E-state index in [-0.39, 0.29) is 12.4 Å². The van der Waals surface area contributed by atoms with Crippen LogP contribution in [-0.4, -0.2) is 15.0 Å². The first kappa shape index (κ1) is 17.7. The van der Waals surface area contributed by atoms with E-state index in [2.05, 4.69) is 6.08 Å². The van der Waals surface area contributed by atoms with Crippen LogP contribution in [0.1, 0.15) is 23.1 Å². The van der Waals surface area contributed by atoms with Gasteiger partial charge in [-0.2, -0.15) is 0 Å². The summed E-state index contributed by atoms with van der Waals surface area (Å²) in [6.07, 6.45) is 3.90. The number of rotatable bonds is 3. The number of fused-ring (bicyclic) bond motifs is 1. The van der Waals surface area contributed by atoms with E-state index in [9.17, 15) is 8.42 Å². The number of benzene rings is 2. The van der Waals surface area contributed by atoms with Gasteiger partial charge >= 0.3 is 0 Å². The van der Waals surface area contributed by atoms with Gasteiger partial charge in [-0.25, -0.2) is 8.42 Å². The molecule has 0 aliphatic heterocycles. The molecule has 5 heteroatoms. The van der Waals surface area contributed by atoms with E-state index >= 15 is 0 Å². The maximum Gasteiger partial charge on any atom is 0.206 e. The summed E-state index contributed by atoms with van der Waals surface area (Å²) < 4.78 is 25.5. The van der Waals surface area contributed by atoms with Crippen LogP contribution < -0.4 is 5.73 Å². The Morgan fingerprint density at radius 3 is 2.35 bits per heavy atom. The Morgan fingerprint density at radius 1 is 1.04 bits per heavy atom. The molecule has 2 aromatic carbocycles. The van der Waals surface area contributed by atoms with Crippen LogP contribution in [0.25, 0.3) is 5.57 Å². The molecule has 0 aromatic heterocycles. The molecule has 0 saturated heterocycles. The topological polar surface area (TPSA) is 60.2 Å². The van der Waals surface area contributed by atoms with Crippen molar-refractivity contribution >= 4 is 27.8 Å². The minimum absolute atomic E-state index is 0. The van der Waals surface area contributed by atoms with Crippen molar-refractivity contribution in [1.29, 1.82) is 0 Å². The van der Waals surface area contributed by atoms with Crippen LogP contribution in [0.4, 0.5) is 0 Å². The molecule has 0 atom stereocenters. The van der Waals surface area contributed by atoms with Crippen molar-refractivity contribution in [1.82, 2.24) is 0 Å². The molecule has 0 amide bonds. The van der Waals surface area contributed by atoms with Gasteiger partial charge in [-0.3, -0.25) is 0 Å². The van der Waals surface area contributed by atoms with Gasteiger partial charge < -0.3 is 5.73 Å². The zero-order chi connectivity index (χ0) is 15.7. The van der Waals surface area contributed by atoms with Crippen molar-refractivity contribution in [2.45, 2.75) is 29.6 Å². The number of allylic oxidation sites excluding steroid dienone is 1. The Labute approximate surface area is 143 Å². The number of halogens is 1. The average molecular weight is 350 g/mol. The maximum atomic E-state index is 12.7. The summed E-state index contributed by atoms with van der Waals surface area (Å²) in [5.74, 6) is 0. The van der Waals surface area contributed by atoms with Crippen molar-refractivity contribution < 1.29 is 8.42 Å². The highest BCUT2D eigenvalue weighted by Gasteiger charge is 2.20. The molecule has 3 nitrogen and oxygen atoms in total. The second kappa shape index (κ2) is 6.87. The summed E-state index contributed by atoms with van der Waals surface area (Å²) in [7, 11) is -3.46. The predicted octanol–water partition coefficient (Wildman–Crippen LogP) is 3.54. The first-order valence-electron chi connectivity index (χ1n) is 7.36. The number of sulfone groups is 1. The zero-order valence-electron chi connectivity index (χ0n) is 13.0. The molecule has 3 rings (SSSR count). The van der Waals surface area contributed by atoms with Gasteiger partial charge in [-0.15, -0.1) is 12.4 Å². The molecule has 23 heavy (non-hydrogen) atoms. The van der Waals surface area contributed by atoms with E-state index in [1.165, 1.54) is 0 Å². The monoisotopic (exact) mass is 349 g/mol. The number of hydrogen-bond acceptors (Lipinski definition) is 3. The molecule has 2 N–H and O–H groups in total. The molecule has 1 aliphatic rings. The molecule has 0 unspecified atom stereocenters. The molecule has 2 aromatic rings. The third-order valence-electron chi connectivity index (χ3n) is 4.09. The van der Waals surface area contributed by atoms with Gasteiger partial charge in [0, 0.05) is 6.54 Å². The lowest BCUT2D eigenvalue weighted by atomic mass is 9.91. The first-order valence-corrected chi connectivity index (χ1v) is 8.85. The van der Waals surface area contributed by atoms with Gasteiger partial charge in [-0.05, 0) is 60.7 Å². The summed E-state index contributed by atoms with van der Waals surface area (Å²) in [6.45, 7) is 2.42. The van der Waals surface area contributed by atoms with Crippen LogP contribution in [0.5, 0.6) is 0 Å². The molecular formula is C18H20ClNO2S. The van der Waals surface area contributed by atoms with Gasteiger partial charge in [-0.1, -0.05) is 29.8 Å². The van der Waals surface area contributed by atoms with Crippen molar-refractivity contribution in [3.8, 4) is 0 Å². The van der Waals surface area contributed by atoms with Gasteiger partial charge in [0.25, 0.3) is 0 Å². The van der Waals surface area contributed by atoms with Crippen LogP contribution in [-0.2, 0) is 16.3 Å². The quantitative estimate of drug-likeness (QED) is 0.922. The highest BCUT2D eigenvalue weighted by molar-refractivity contribution is 7.91. The normalized spacial score (nSPS) is 13.7. The van der Waals surface area contributed by atoms with Gasteiger partial charge in [0.2, 0.25) is 9.84 Å². The molecule has 1 aliphatic carbocycles. The van der Waals surface area contributed by atoms with Crippen molar-refractivity contribution in [2.24, 2.45) is 5.73 Å². The Balaban J connectivity index is 0.00000192. The van der Waals surface area contributed by atoms with Crippen LogP contribution in [0.15, 0.2) is 58.3 Å². The lowest BCUT2D eigenvalue weighted by Gasteiger charge is -2.18. The summed E-state index contributed by atoms with van der Waals surface area (Å²) in [5.41, 5.74) is 10.0. The maximum absolute atomic E-state index is 12.7. The molecule has 0 heterocycles. The lowest BCUT2D eigenvalue weighted by molar-refractivity contribution is 0.596. The van der Waals surface area contributed by atoms with Crippen LogP contribution in [0.2, 0.25) is 0 Å². The second-order valence-corrected chi connectivity index (χ2v) is 7.56. The SMILES string of the molecule is Cc1ccc(S(=O)(=O)c2ccc3c(c2)CCC=C3CN)cc1.Cl. The molecule has 0 saturated carbocycles. The highest BCUT2D eigenvalue weighted by Crippen LogP contribution is 2.30. The number of nitrogens with two attached hydrogens (primary N) is 1. The fraction of sp³-hybridized carbons (Fsp3) is 0.222. The Morgan fingerprint density at radius 2 is 1.70 bits per heavy atom. The van der Waals surface area contributed by atoms with Gasteiger partial charge in [0.1, 0.15) is 0 Å². The van der Waals surface area contributed by atoms with Crippen molar-refractivity contribution in [2.75, 3.05) is 6.54 Å². The highest BCUT2D eigenvalue weighted by atomic mass is 35.5. The fourth-order valence-corrected chi connectivity index (χ4v) is 4.13. The third kappa shape index (κ3) is 3.34. The van der Waals surface area contributed by atoms with E-state index < -0.39 is 9.84 Å². The Hall–Kier alpha value is -1.62. The van der Waals surface area contributed by atoms with Gasteiger partial charge in [0.15, 0.2) is 0 Å². The van der Waals surface area contributed by atoms with Crippen molar-refractivity contribution in [3.05, 3.63) is 65.2 Å². The summed E-state index contributed by atoms with van der Waals surface area (Å²) >= 11 is 0. The minimum Gasteiger partial charge on any atom is -0.326 e. The molecular weight excluding hydrogens is 330 g/mol. The van der Waals surface area contributed by atoms with Crippen LogP contribution in [0, 0.1) is 6.92 Å². The molecule has 0 fully saturated rings. The standard InChI is InChI=1S/C18H19NO2S.ClH/c1-13-5-7-16(8-6-13)22(20,21)17-9-10-18-14(11-17)3-2-4-15(18)12-19;/h4-11H,2-3,12,19H2,1H3;1H. The van der Waals surface area contributed by atoms with E-state index in [1.54, 1.807) is 24.3 Å². The number of aryl methyl sites for hydroxylation is 2. The second-order valence-electron chi connectivity index (χ2n) is 5.61. The van der Waals surface area contributed by atoms with E-state index in [4.69, 9.17) is 5.73 Å². The van der Waals surface area contributed by atoms with Gasteiger partial charge in [0.05, 0.1) is 9.79 Å².